The standard InChI is InChI=1S/C15H24N2O2/c1-11(2)18-6-7-19-15-9-13(8-12(3)17-15)10-16-14-4-5-14/h8-9,11,14,16H,4-7,10H2,1-3H3. The molecular formula is C15H24N2O2. The van der Waals surface area contributed by atoms with E-state index in [9.17, 15) is 0 Å². The van der Waals surface area contributed by atoms with Crippen molar-refractivity contribution in [1.82, 2.24) is 10.3 Å². The molecule has 1 saturated carbocycles. The van der Waals surface area contributed by atoms with Crippen molar-refractivity contribution in [3.63, 3.8) is 0 Å². The van der Waals surface area contributed by atoms with Crippen molar-refractivity contribution in [1.29, 1.82) is 0 Å². The second-order valence-electron chi connectivity index (χ2n) is 5.38. The molecule has 1 N–H and O–H groups in total. The zero-order valence-corrected chi connectivity index (χ0v) is 12.1. The topological polar surface area (TPSA) is 43.4 Å². The fraction of sp³-hybridized carbons (Fsp3) is 0.667. The average molecular weight is 264 g/mol. The molecule has 0 saturated heterocycles. The fourth-order valence-corrected chi connectivity index (χ4v) is 1.86. The van der Waals surface area contributed by atoms with Gasteiger partial charge in [-0.05, 0) is 45.2 Å². The van der Waals surface area contributed by atoms with Crippen LogP contribution in [0.5, 0.6) is 5.88 Å². The van der Waals surface area contributed by atoms with E-state index in [1.165, 1.54) is 18.4 Å². The number of hydrogen-bond acceptors (Lipinski definition) is 4. The summed E-state index contributed by atoms with van der Waals surface area (Å²) in [6.07, 6.45) is 2.85. The highest BCUT2D eigenvalue weighted by Crippen LogP contribution is 2.20. The van der Waals surface area contributed by atoms with E-state index in [4.69, 9.17) is 9.47 Å². The monoisotopic (exact) mass is 264 g/mol. The maximum atomic E-state index is 5.64. The molecule has 1 aliphatic carbocycles. The van der Waals surface area contributed by atoms with Gasteiger partial charge in [0.2, 0.25) is 5.88 Å². The Bertz CT molecular complexity index is 403. The van der Waals surface area contributed by atoms with Crippen molar-refractivity contribution in [3.05, 3.63) is 23.4 Å². The minimum atomic E-state index is 0.243. The molecule has 106 valence electrons. The van der Waals surface area contributed by atoms with Crippen LogP contribution in [-0.4, -0.2) is 30.3 Å². The minimum absolute atomic E-state index is 0.243. The van der Waals surface area contributed by atoms with Gasteiger partial charge in [0.15, 0.2) is 0 Å². The Morgan fingerprint density at radius 1 is 1.32 bits per heavy atom. The van der Waals surface area contributed by atoms with Gasteiger partial charge in [0.05, 0.1) is 12.7 Å². The summed E-state index contributed by atoms with van der Waals surface area (Å²) in [5.41, 5.74) is 2.23. The molecule has 4 nitrogen and oxygen atoms in total. The minimum Gasteiger partial charge on any atom is -0.475 e. The molecule has 4 heteroatoms. The van der Waals surface area contributed by atoms with Crippen molar-refractivity contribution in [3.8, 4) is 5.88 Å². The Kier molecular flexibility index (Phi) is 5.16. The van der Waals surface area contributed by atoms with Gasteiger partial charge in [0.25, 0.3) is 0 Å². The maximum Gasteiger partial charge on any atom is 0.213 e. The van der Waals surface area contributed by atoms with Crippen molar-refractivity contribution >= 4 is 0 Å². The molecule has 0 aromatic carbocycles. The molecule has 1 aromatic heterocycles. The van der Waals surface area contributed by atoms with E-state index in [0.717, 1.165) is 18.3 Å². The van der Waals surface area contributed by atoms with E-state index in [1.807, 2.05) is 26.8 Å². The molecule has 0 bridgehead atoms. The Hall–Kier alpha value is -1.13. The van der Waals surface area contributed by atoms with Gasteiger partial charge in [-0.3, -0.25) is 0 Å². The van der Waals surface area contributed by atoms with Gasteiger partial charge < -0.3 is 14.8 Å². The highest BCUT2D eigenvalue weighted by molar-refractivity contribution is 5.24. The lowest BCUT2D eigenvalue weighted by molar-refractivity contribution is 0.0542. The van der Waals surface area contributed by atoms with Crippen LogP contribution in [0, 0.1) is 6.92 Å². The Balaban J connectivity index is 1.81. The van der Waals surface area contributed by atoms with Crippen molar-refractivity contribution < 1.29 is 9.47 Å². The first kappa shape index (κ1) is 14.3. The van der Waals surface area contributed by atoms with E-state index in [2.05, 4.69) is 16.4 Å². The molecule has 1 fully saturated rings. The van der Waals surface area contributed by atoms with Crippen molar-refractivity contribution in [2.45, 2.75) is 52.3 Å². The molecule has 0 aliphatic heterocycles. The second kappa shape index (κ2) is 6.87. The molecule has 0 radical (unpaired) electrons. The number of aromatic nitrogens is 1. The second-order valence-corrected chi connectivity index (χ2v) is 5.38. The molecule has 1 heterocycles. The lowest BCUT2D eigenvalue weighted by Gasteiger charge is -2.11. The SMILES string of the molecule is Cc1cc(CNC2CC2)cc(OCCOC(C)C)n1. The number of ether oxygens (including phenoxy) is 2. The van der Waals surface area contributed by atoms with Crippen LogP contribution >= 0.6 is 0 Å². The van der Waals surface area contributed by atoms with Crippen LogP contribution in [0.2, 0.25) is 0 Å². The van der Waals surface area contributed by atoms with Gasteiger partial charge in [0.1, 0.15) is 6.61 Å². The first-order chi connectivity index (χ1) is 9.13. The summed E-state index contributed by atoms with van der Waals surface area (Å²) in [5, 5.41) is 3.50. The molecule has 1 aromatic rings. The van der Waals surface area contributed by atoms with Crippen LogP contribution in [0.1, 0.15) is 37.9 Å². The van der Waals surface area contributed by atoms with E-state index in [1.54, 1.807) is 0 Å². The summed E-state index contributed by atoms with van der Waals surface area (Å²) in [5.74, 6) is 0.694. The van der Waals surface area contributed by atoms with Crippen LogP contribution in [-0.2, 0) is 11.3 Å². The third-order valence-corrected chi connectivity index (χ3v) is 2.95. The van der Waals surface area contributed by atoms with Crippen LogP contribution in [0.15, 0.2) is 12.1 Å². The normalized spacial score (nSPS) is 14.9. The summed E-state index contributed by atoms with van der Waals surface area (Å²) in [6, 6.07) is 4.84. The number of pyridine rings is 1. The Morgan fingerprint density at radius 3 is 2.79 bits per heavy atom. The summed E-state index contributed by atoms with van der Waals surface area (Å²) in [6.45, 7) is 8.08. The average Bonchev–Trinajstić information content (AvgIpc) is 3.15. The van der Waals surface area contributed by atoms with Crippen LogP contribution in [0.3, 0.4) is 0 Å². The number of rotatable bonds is 8. The molecular weight excluding hydrogens is 240 g/mol. The predicted octanol–water partition coefficient (Wildman–Crippen LogP) is 2.45. The number of nitrogens with zero attached hydrogens (tertiary/aromatic N) is 1. The van der Waals surface area contributed by atoms with E-state index >= 15 is 0 Å². The number of nitrogens with one attached hydrogen (secondary N) is 1. The summed E-state index contributed by atoms with van der Waals surface area (Å²) in [4.78, 5) is 4.39. The fourth-order valence-electron chi connectivity index (χ4n) is 1.86. The summed E-state index contributed by atoms with van der Waals surface area (Å²) >= 11 is 0. The molecule has 1 aliphatic rings. The molecule has 0 atom stereocenters. The molecule has 2 rings (SSSR count). The van der Waals surface area contributed by atoms with Crippen LogP contribution in [0.25, 0.3) is 0 Å². The van der Waals surface area contributed by atoms with Crippen molar-refractivity contribution in [2.75, 3.05) is 13.2 Å². The Labute approximate surface area is 115 Å². The van der Waals surface area contributed by atoms with E-state index < -0.39 is 0 Å². The van der Waals surface area contributed by atoms with Crippen molar-refractivity contribution in [2.24, 2.45) is 0 Å². The zero-order valence-electron chi connectivity index (χ0n) is 12.1. The van der Waals surface area contributed by atoms with Gasteiger partial charge in [0, 0.05) is 24.3 Å². The van der Waals surface area contributed by atoms with Crippen LogP contribution in [0.4, 0.5) is 0 Å². The highest BCUT2D eigenvalue weighted by Gasteiger charge is 2.20. The summed E-state index contributed by atoms with van der Waals surface area (Å²) in [7, 11) is 0. The van der Waals surface area contributed by atoms with Crippen LogP contribution < -0.4 is 10.1 Å². The smallest absolute Gasteiger partial charge is 0.213 e. The van der Waals surface area contributed by atoms with Gasteiger partial charge in [-0.25, -0.2) is 4.98 Å². The quantitative estimate of drug-likeness (QED) is 0.732. The number of aryl methyl sites for hydroxylation is 1. The van der Waals surface area contributed by atoms with E-state index in [-0.39, 0.29) is 6.10 Å². The predicted molar refractivity (Wildman–Crippen MR) is 75.4 cm³/mol. The third kappa shape index (κ3) is 5.57. The maximum absolute atomic E-state index is 5.64. The lowest BCUT2D eigenvalue weighted by Crippen LogP contribution is -2.16. The summed E-state index contributed by atoms with van der Waals surface area (Å²) < 4.78 is 11.1. The number of hydrogen-bond donors (Lipinski definition) is 1. The first-order valence-corrected chi connectivity index (χ1v) is 7.09. The molecule has 0 amide bonds. The molecule has 19 heavy (non-hydrogen) atoms. The zero-order chi connectivity index (χ0) is 13.7. The van der Waals surface area contributed by atoms with Gasteiger partial charge in [-0.15, -0.1) is 0 Å². The highest BCUT2D eigenvalue weighted by atomic mass is 16.5. The third-order valence-electron chi connectivity index (χ3n) is 2.95. The molecule has 0 spiro atoms. The lowest BCUT2D eigenvalue weighted by atomic mass is 10.2. The van der Waals surface area contributed by atoms with Gasteiger partial charge in [-0.1, -0.05) is 0 Å². The molecule has 0 unspecified atom stereocenters. The van der Waals surface area contributed by atoms with Gasteiger partial charge in [-0.2, -0.15) is 0 Å². The van der Waals surface area contributed by atoms with Gasteiger partial charge >= 0.3 is 0 Å². The largest absolute Gasteiger partial charge is 0.475 e. The first-order valence-electron chi connectivity index (χ1n) is 7.09. The van der Waals surface area contributed by atoms with E-state index in [0.29, 0.717) is 19.1 Å². The Morgan fingerprint density at radius 2 is 2.11 bits per heavy atom.